The smallest absolute Gasteiger partial charge is 0.251 e. The van der Waals surface area contributed by atoms with E-state index in [1.165, 1.54) is 22.7 Å². The second kappa shape index (κ2) is 11.4. The molecule has 1 unspecified atom stereocenters. The van der Waals surface area contributed by atoms with Crippen molar-refractivity contribution in [3.05, 3.63) is 100 Å². The summed E-state index contributed by atoms with van der Waals surface area (Å²) < 4.78 is 2.08. The Kier molecular flexibility index (Phi) is 7.33. The summed E-state index contributed by atoms with van der Waals surface area (Å²) in [6.07, 6.45) is 1.61. The highest BCUT2D eigenvalue weighted by atomic mass is 35.5. The van der Waals surface area contributed by atoms with Gasteiger partial charge in [-0.05, 0) is 48.5 Å². The standard InChI is InChI=1S/C29H20ClN7OS2/c30-20-10-9-17(15-18(20)27-35-22-5-1-3-7-24(22)39-27)26(38)32-13-14-34-29-33-12-11-21(37-29)19(16-31)28-36-23-6-2-4-8-25(23)40-28/h1-12,15,19H,13-14H2,(H,32,38)(H,33,34,37). The van der Waals surface area contributed by atoms with Crippen LogP contribution in [0, 0.1) is 11.3 Å². The van der Waals surface area contributed by atoms with Gasteiger partial charge in [0.05, 0.1) is 37.2 Å². The number of nitrogens with zero attached hydrogens (tertiary/aromatic N) is 5. The molecule has 6 aromatic rings. The summed E-state index contributed by atoms with van der Waals surface area (Å²) >= 11 is 9.46. The van der Waals surface area contributed by atoms with Crippen LogP contribution in [0.3, 0.4) is 0 Å². The minimum absolute atomic E-state index is 0.226. The van der Waals surface area contributed by atoms with Crippen molar-refractivity contribution in [2.24, 2.45) is 0 Å². The lowest BCUT2D eigenvalue weighted by Gasteiger charge is -2.10. The lowest BCUT2D eigenvalue weighted by molar-refractivity contribution is 0.0955. The van der Waals surface area contributed by atoms with Gasteiger partial charge < -0.3 is 10.6 Å². The zero-order chi connectivity index (χ0) is 27.5. The van der Waals surface area contributed by atoms with Gasteiger partial charge in [-0.3, -0.25) is 4.79 Å². The molecule has 11 heteroatoms. The van der Waals surface area contributed by atoms with Crippen LogP contribution in [0.4, 0.5) is 5.95 Å². The van der Waals surface area contributed by atoms with Crippen LogP contribution in [0.5, 0.6) is 0 Å². The maximum Gasteiger partial charge on any atom is 0.251 e. The van der Waals surface area contributed by atoms with Crippen molar-refractivity contribution in [2.45, 2.75) is 5.92 Å². The third-order valence-corrected chi connectivity index (χ3v) is 8.61. The molecule has 0 bridgehead atoms. The van der Waals surface area contributed by atoms with Crippen molar-refractivity contribution >= 4 is 66.6 Å². The van der Waals surface area contributed by atoms with E-state index in [1.54, 1.807) is 30.5 Å². The Balaban J connectivity index is 1.09. The number of halogens is 1. The minimum Gasteiger partial charge on any atom is -0.352 e. The fourth-order valence-electron chi connectivity index (χ4n) is 4.15. The topological polar surface area (TPSA) is 116 Å². The van der Waals surface area contributed by atoms with E-state index in [4.69, 9.17) is 11.6 Å². The number of carbonyl (C=O) groups is 1. The number of benzene rings is 3. The molecule has 3 aromatic carbocycles. The maximum atomic E-state index is 12.9. The molecule has 0 radical (unpaired) electrons. The molecule has 0 spiro atoms. The van der Waals surface area contributed by atoms with E-state index in [9.17, 15) is 10.1 Å². The van der Waals surface area contributed by atoms with Crippen LogP contribution in [0.15, 0.2) is 79.0 Å². The third-order valence-electron chi connectivity index (χ3n) is 6.11. The third kappa shape index (κ3) is 5.35. The molecule has 3 heterocycles. The Morgan fingerprint density at radius 3 is 2.42 bits per heavy atom. The number of para-hydroxylation sites is 2. The quantitative estimate of drug-likeness (QED) is 0.197. The van der Waals surface area contributed by atoms with Crippen LogP contribution in [-0.4, -0.2) is 38.9 Å². The van der Waals surface area contributed by atoms with Gasteiger partial charge in [0.25, 0.3) is 5.91 Å². The van der Waals surface area contributed by atoms with E-state index in [0.29, 0.717) is 40.3 Å². The Labute approximate surface area is 242 Å². The van der Waals surface area contributed by atoms with E-state index in [2.05, 4.69) is 36.6 Å². The lowest BCUT2D eigenvalue weighted by Crippen LogP contribution is -2.29. The number of anilines is 1. The fraction of sp³-hybridized carbons (Fsp3) is 0.103. The van der Waals surface area contributed by atoms with Gasteiger partial charge in [-0.15, -0.1) is 22.7 Å². The minimum atomic E-state index is -0.602. The Bertz CT molecular complexity index is 1830. The largest absolute Gasteiger partial charge is 0.352 e. The Hall–Kier alpha value is -4.43. The summed E-state index contributed by atoms with van der Waals surface area (Å²) in [7, 11) is 0. The number of nitrogens with one attached hydrogen (secondary N) is 2. The van der Waals surface area contributed by atoms with Gasteiger partial charge in [0.1, 0.15) is 15.9 Å². The number of hydrogen-bond acceptors (Lipinski definition) is 9. The molecule has 1 atom stereocenters. The number of nitriles is 1. The van der Waals surface area contributed by atoms with Gasteiger partial charge in [-0.1, -0.05) is 35.9 Å². The number of rotatable bonds is 8. The number of carbonyl (C=O) groups excluding carboxylic acids is 1. The van der Waals surface area contributed by atoms with Crippen molar-refractivity contribution in [2.75, 3.05) is 18.4 Å². The van der Waals surface area contributed by atoms with Gasteiger partial charge in [-0.2, -0.15) is 5.26 Å². The number of aromatic nitrogens is 4. The Morgan fingerprint density at radius 2 is 1.68 bits per heavy atom. The second-order valence-electron chi connectivity index (χ2n) is 8.75. The molecular weight excluding hydrogens is 562 g/mol. The van der Waals surface area contributed by atoms with Crippen molar-refractivity contribution in [3.8, 4) is 16.6 Å². The van der Waals surface area contributed by atoms with E-state index < -0.39 is 5.92 Å². The van der Waals surface area contributed by atoms with Crippen LogP contribution in [-0.2, 0) is 0 Å². The van der Waals surface area contributed by atoms with Gasteiger partial charge in [-0.25, -0.2) is 19.9 Å². The SMILES string of the molecule is N#CC(c1ccnc(NCCNC(=O)c2ccc(Cl)c(-c3nc4ccccc4s3)c2)n1)c1nc2ccccc2s1. The van der Waals surface area contributed by atoms with Crippen LogP contribution in [0.25, 0.3) is 31.0 Å². The van der Waals surface area contributed by atoms with Crippen molar-refractivity contribution in [1.29, 1.82) is 5.26 Å². The predicted molar refractivity (Wildman–Crippen MR) is 160 cm³/mol. The molecule has 0 aliphatic rings. The first-order valence-electron chi connectivity index (χ1n) is 12.3. The second-order valence-corrected chi connectivity index (χ2v) is 11.3. The van der Waals surface area contributed by atoms with Crippen LogP contribution in [0.1, 0.15) is 27.0 Å². The van der Waals surface area contributed by atoms with Gasteiger partial charge >= 0.3 is 0 Å². The summed E-state index contributed by atoms with van der Waals surface area (Å²) in [5.41, 5.74) is 3.53. The summed E-state index contributed by atoms with van der Waals surface area (Å²) in [4.78, 5) is 30.9. The van der Waals surface area contributed by atoms with Gasteiger partial charge in [0, 0.05) is 30.4 Å². The highest BCUT2D eigenvalue weighted by molar-refractivity contribution is 7.21. The molecule has 1 amide bonds. The average molecular weight is 582 g/mol. The zero-order valence-electron chi connectivity index (χ0n) is 20.8. The maximum absolute atomic E-state index is 12.9. The molecule has 2 N–H and O–H groups in total. The Morgan fingerprint density at radius 1 is 0.925 bits per heavy atom. The highest BCUT2D eigenvalue weighted by Crippen LogP contribution is 2.35. The van der Waals surface area contributed by atoms with Gasteiger partial charge in [0.15, 0.2) is 0 Å². The molecular formula is C29H20ClN7OS2. The van der Waals surface area contributed by atoms with E-state index in [0.717, 1.165) is 31.0 Å². The van der Waals surface area contributed by atoms with Crippen molar-refractivity contribution in [1.82, 2.24) is 25.3 Å². The molecule has 3 aromatic heterocycles. The summed E-state index contributed by atoms with van der Waals surface area (Å²) in [5.74, 6) is -0.455. The summed E-state index contributed by atoms with van der Waals surface area (Å²) in [5, 5.41) is 17.9. The zero-order valence-corrected chi connectivity index (χ0v) is 23.2. The first kappa shape index (κ1) is 25.8. The summed E-state index contributed by atoms with van der Waals surface area (Å²) in [6.45, 7) is 0.733. The molecule has 0 saturated carbocycles. The number of fused-ring (bicyclic) bond motifs is 2. The first-order chi connectivity index (χ1) is 19.6. The molecule has 0 aliphatic heterocycles. The van der Waals surface area contributed by atoms with Crippen LogP contribution < -0.4 is 10.6 Å². The van der Waals surface area contributed by atoms with E-state index in [-0.39, 0.29) is 5.91 Å². The average Bonchev–Trinajstić information content (AvgIpc) is 3.60. The van der Waals surface area contributed by atoms with Crippen molar-refractivity contribution in [3.63, 3.8) is 0 Å². The number of amides is 1. The van der Waals surface area contributed by atoms with Crippen molar-refractivity contribution < 1.29 is 4.79 Å². The molecule has 196 valence electrons. The van der Waals surface area contributed by atoms with E-state index in [1.807, 2.05) is 48.5 Å². The first-order valence-corrected chi connectivity index (χ1v) is 14.4. The monoisotopic (exact) mass is 581 g/mol. The van der Waals surface area contributed by atoms with Crippen LogP contribution >= 0.6 is 34.3 Å². The molecule has 0 fully saturated rings. The lowest BCUT2D eigenvalue weighted by atomic mass is 10.1. The fourth-order valence-corrected chi connectivity index (χ4v) is 6.43. The molecule has 6 rings (SSSR count). The molecule has 0 aliphatic carbocycles. The normalized spacial score (nSPS) is 11.8. The van der Waals surface area contributed by atoms with Crippen LogP contribution in [0.2, 0.25) is 5.02 Å². The highest BCUT2D eigenvalue weighted by Gasteiger charge is 2.20. The number of hydrogen-bond donors (Lipinski definition) is 2. The van der Waals surface area contributed by atoms with Gasteiger partial charge in [0.2, 0.25) is 5.95 Å². The predicted octanol–water partition coefficient (Wildman–Crippen LogP) is 6.51. The summed E-state index contributed by atoms with van der Waals surface area (Å²) in [6, 6.07) is 24.9. The number of thiazole rings is 2. The van der Waals surface area contributed by atoms with E-state index >= 15 is 0 Å². The molecule has 0 saturated heterocycles. The molecule has 40 heavy (non-hydrogen) atoms. The molecule has 8 nitrogen and oxygen atoms in total.